The molecule has 1 N–H and O–H groups in total. The highest BCUT2D eigenvalue weighted by molar-refractivity contribution is 5.68. The molecule has 6 heteroatoms. The summed E-state index contributed by atoms with van der Waals surface area (Å²) in [4.78, 5) is 13.6. The molecule has 0 radical (unpaired) electrons. The van der Waals surface area contributed by atoms with Crippen LogP contribution in [-0.2, 0) is 27.1 Å². The number of carbonyl (C=O) groups is 1. The van der Waals surface area contributed by atoms with E-state index in [0.29, 0.717) is 19.8 Å². The number of benzene rings is 2. The number of aliphatic carboxylic acids is 1. The Morgan fingerprint density at radius 2 is 1.85 bits per heavy atom. The molecule has 3 aliphatic rings. The number of ether oxygens (including phenoxy) is 3. The first-order chi connectivity index (χ1) is 15.9. The molecule has 176 valence electrons. The second kappa shape index (κ2) is 8.99. The summed E-state index contributed by atoms with van der Waals surface area (Å²) >= 11 is 0. The van der Waals surface area contributed by atoms with Crippen molar-refractivity contribution >= 4 is 11.7 Å². The van der Waals surface area contributed by atoms with Gasteiger partial charge in [0.15, 0.2) is 5.79 Å². The molecule has 1 spiro atoms. The average Bonchev–Trinajstić information content (AvgIpc) is 3.41. The fraction of sp³-hybridized carbons (Fsp3) is 0.519. The van der Waals surface area contributed by atoms with Crippen molar-refractivity contribution in [3.05, 3.63) is 58.1 Å². The van der Waals surface area contributed by atoms with Crippen molar-refractivity contribution in [1.82, 2.24) is 0 Å². The van der Waals surface area contributed by atoms with E-state index in [1.54, 1.807) is 0 Å². The van der Waals surface area contributed by atoms with Crippen LogP contribution in [0, 0.1) is 13.8 Å². The van der Waals surface area contributed by atoms with Crippen molar-refractivity contribution in [2.24, 2.45) is 0 Å². The van der Waals surface area contributed by atoms with Gasteiger partial charge in [0.25, 0.3) is 0 Å². The molecule has 1 atom stereocenters. The van der Waals surface area contributed by atoms with Gasteiger partial charge in [0.2, 0.25) is 0 Å². The van der Waals surface area contributed by atoms with E-state index in [-0.39, 0.29) is 18.1 Å². The van der Waals surface area contributed by atoms with Gasteiger partial charge in [0, 0.05) is 43.1 Å². The Morgan fingerprint density at radius 1 is 1.09 bits per heavy atom. The van der Waals surface area contributed by atoms with Crippen molar-refractivity contribution in [2.45, 2.75) is 57.7 Å². The molecule has 3 aliphatic heterocycles. The number of rotatable bonds is 6. The predicted octanol–water partition coefficient (Wildman–Crippen LogP) is 4.38. The van der Waals surface area contributed by atoms with Gasteiger partial charge in [0.05, 0.1) is 26.2 Å². The molecule has 6 nitrogen and oxygen atoms in total. The number of anilines is 1. The lowest BCUT2D eigenvalue weighted by Gasteiger charge is -2.40. The number of hydrogen-bond acceptors (Lipinski definition) is 5. The largest absolute Gasteiger partial charge is 0.493 e. The minimum absolute atomic E-state index is 0.0443. The summed E-state index contributed by atoms with van der Waals surface area (Å²) in [6, 6.07) is 10.8. The van der Waals surface area contributed by atoms with Crippen LogP contribution in [0.1, 0.15) is 53.0 Å². The van der Waals surface area contributed by atoms with Crippen LogP contribution in [0.3, 0.4) is 0 Å². The molecule has 0 aromatic heterocycles. The van der Waals surface area contributed by atoms with Crippen molar-refractivity contribution in [3.63, 3.8) is 0 Å². The van der Waals surface area contributed by atoms with Gasteiger partial charge in [-0.05, 0) is 55.0 Å². The maximum absolute atomic E-state index is 11.1. The standard InChI is InChI=1S/C27H33NO5/c1-18-3-6-21(19(2)26(18)28-11-9-27(10-12-28)32-13-14-33-27)7-4-20-5-8-23-22(16-25(29)30)17-31-24(23)15-20/h3,5-6,8,15,22H,4,7,9-14,16-17H2,1-2H3,(H,29,30)/t22-/m1/s1. The maximum Gasteiger partial charge on any atom is 0.304 e. The Morgan fingerprint density at radius 3 is 2.58 bits per heavy atom. The second-order valence-electron chi connectivity index (χ2n) is 9.59. The third-order valence-corrected chi connectivity index (χ3v) is 7.46. The van der Waals surface area contributed by atoms with Crippen molar-refractivity contribution in [1.29, 1.82) is 0 Å². The van der Waals surface area contributed by atoms with E-state index in [9.17, 15) is 4.79 Å². The summed E-state index contributed by atoms with van der Waals surface area (Å²) in [7, 11) is 0. The summed E-state index contributed by atoms with van der Waals surface area (Å²) < 4.78 is 17.6. The number of carboxylic acid groups (broad SMARTS) is 1. The van der Waals surface area contributed by atoms with E-state index in [0.717, 1.165) is 50.1 Å². The average molecular weight is 452 g/mol. The topological polar surface area (TPSA) is 68.2 Å². The Labute approximate surface area is 195 Å². The molecule has 33 heavy (non-hydrogen) atoms. The van der Waals surface area contributed by atoms with Gasteiger partial charge in [-0.1, -0.05) is 24.3 Å². The Balaban J connectivity index is 1.27. The minimum Gasteiger partial charge on any atom is -0.493 e. The lowest BCUT2D eigenvalue weighted by Crippen LogP contribution is -2.45. The molecule has 5 rings (SSSR count). The first kappa shape index (κ1) is 22.2. The Bertz CT molecular complexity index is 1030. The van der Waals surface area contributed by atoms with Crippen LogP contribution in [0.4, 0.5) is 5.69 Å². The zero-order valence-corrected chi connectivity index (χ0v) is 19.6. The molecule has 2 aromatic rings. The predicted molar refractivity (Wildman–Crippen MR) is 126 cm³/mol. The van der Waals surface area contributed by atoms with E-state index in [1.807, 2.05) is 0 Å². The highest BCUT2D eigenvalue weighted by Crippen LogP contribution is 2.38. The van der Waals surface area contributed by atoms with Gasteiger partial charge in [-0.25, -0.2) is 0 Å². The monoisotopic (exact) mass is 451 g/mol. The molecular weight excluding hydrogens is 418 g/mol. The van der Waals surface area contributed by atoms with Gasteiger partial charge in [-0.15, -0.1) is 0 Å². The lowest BCUT2D eigenvalue weighted by atomic mass is 9.93. The molecule has 0 unspecified atom stereocenters. The smallest absolute Gasteiger partial charge is 0.304 e. The molecular formula is C27H33NO5. The molecule has 2 aromatic carbocycles. The van der Waals surface area contributed by atoms with Crippen LogP contribution in [-0.4, -0.2) is 49.8 Å². The first-order valence-electron chi connectivity index (χ1n) is 12.0. The molecule has 0 amide bonds. The summed E-state index contributed by atoms with van der Waals surface area (Å²) in [5.41, 5.74) is 7.65. The van der Waals surface area contributed by atoms with Gasteiger partial charge in [-0.2, -0.15) is 0 Å². The van der Waals surface area contributed by atoms with Crippen LogP contribution in [0.25, 0.3) is 0 Å². The van der Waals surface area contributed by atoms with Crippen LogP contribution in [0.2, 0.25) is 0 Å². The van der Waals surface area contributed by atoms with E-state index >= 15 is 0 Å². The summed E-state index contributed by atoms with van der Waals surface area (Å²) in [5, 5.41) is 9.11. The number of fused-ring (bicyclic) bond motifs is 1. The Kier molecular flexibility index (Phi) is 6.06. The Hall–Kier alpha value is -2.57. The molecule has 0 saturated carbocycles. The number of nitrogens with zero attached hydrogens (tertiary/aromatic N) is 1. The summed E-state index contributed by atoms with van der Waals surface area (Å²) in [6.45, 7) is 8.22. The SMILES string of the molecule is Cc1ccc(CCc2ccc3c(c2)OC[C@H]3CC(=O)O)c(C)c1N1CCC2(CC1)OCCO2. The van der Waals surface area contributed by atoms with E-state index in [4.69, 9.17) is 19.3 Å². The number of aryl methyl sites for hydroxylation is 3. The molecule has 3 heterocycles. The highest BCUT2D eigenvalue weighted by atomic mass is 16.7. The van der Waals surface area contributed by atoms with E-state index in [2.05, 4.69) is 49.1 Å². The normalized spacial score (nSPS) is 21.3. The zero-order valence-electron chi connectivity index (χ0n) is 19.6. The van der Waals surface area contributed by atoms with Crippen LogP contribution in [0.5, 0.6) is 5.75 Å². The number of hydrogen-bond donors (Lipinski definition) is 1. The zero-order chi connectivity index (χ0) is 23.0. The number of carboxylic acids is 1. The third kappa shape index (κ3) is 4.46. The number of piperidine rings is 1. The third-order valence-electron chi connectivity index (χ3n) is 7.46. The fourth-order valence-corrected chi connectivity index (χ4v) is 5.63. The minimum atomic E-state index is -0.779. The van der Waals surface area contributed by atoms with Crippen LogP contribution < -0.4 is 9.64 Å². The van der Waals surface area contributed by atoms with Crippen LogP contribution in [0.15, 0.2) is 30.3 Å². The van der Waals surface area contributed by atoms with Gasteiger partial charge in [0.1, 0.15) is 5.75 Å². The molecule has 0 bridgehead atoms. The quantitative estimate of drug-likeness (QED) is 0.703. The fourth-order valence-electron chi connectivity index (χ4n) is 5.63. The molecule has 2 saturated heterocycles. The van der Waals surface area contributed by atoms with Crippen molar-refractivity contribution in [3.8, 4) is 5.75 Å². The molecule has 2 fully saturated rings. The first-order valence-corrected chi connectivity index (χ1v) is 12.0. The maximum atomic E-state index is 11.1. The lowest BCUT2D eigenvalue weighted by molar-refractivity contribution is -0.169. The second-order valence-corrected chi connectivity index (χ2v) is 9.59. The summed E-state index contributed by atoms with van der Waals surface area (Å²) in [5.74, 6) is -0.330. The van der Waals surface area contributed by atoms with Gasteiger partial charge >= 0.3 is 5.97 Å². The van der Waals surface area contributed by atoms with Crippen molar-refractivity contribution < 1.29 is 24.1 Å². The highest BCUT2D eigenvalue weighted by Gasteiger charge is 2.40. The van der Waals surface area contributed by atoms with E-state index in [1.165, 1.54) is 27.9 Å². The van der Waals surface area contributed by atoms with Crippen molar-refractivity contribution in [2.75, 3.05) is 37.8 Å². The van der Waals surface area contributed by atoms with Crippen LogP contribution >= 0.6 is 0 Å². The van der Waals surface area contributed by atoms with E-state index < -0.39 is 5.97 Å². The van der Waals surface area contributed by atoms with Gasteiger partial charge < -0.3 is 24.2 Å². The van der Waals surface area contributed by atoms with Gasteiger partial charge in [-0.3, -0.25) is 4.79 Å². The molecule has 0 aliphatic carbocycles. The summed E-state index contributed by atoms with van der Waals surface area (Å²) in [6.07, 6.45) is 3.82.